The molecule has 0 bridgehead atoms. The van der Waals surface area contributed by atoms with Crippen molar-refractivity contribution in [2.45, 2.75) is 83.2 Å². The van der Waals surface area contributed by atoms with Gasteiger partial charge in [0, 0.05) is 55.6 Å². The Morgan fingerprint density at radius 3 is 2.59 bits per heavy atom. The summed E-state index contributed by atoms with van der Waals surface area (Å²) in [5.41, 5.74) is -1.58. The van der Waals surface area contributed by atoms with Crippen molar-refractivity contribution in [3.8, 4) is 28.8 Å². The summed E-state index contributed by atoms with van der Waals surface area (Å²) >= 11 is 0. The summed E-state index contributed by atoms with van der Waals surface area (Å²) in [5, 5.41) is 15.5. The average molecular weight is 707 g/mol. The molecule has 0 aliphatic carbocycles. The second-order valence-electron chi connectivity index (χ2n) is 13.5. The molecule has 0 saturated carbocycles. The van der Waals surface area contributed by atoms with Gasteiger partial charge in [0.1, 0.15) is 35.4 Å². The fraction of sp³-hybridized carbons (Fsp3) is 0.474. The number of hydrogen-bond donors (Lipinski definition) is 2. The largest absolute Gasteiger partial charge is 0.482 e. The van der Waals surface area contributed by atoms with Crippen LogP contribution in [0.2, 0.25) is 0 Å². The fourth-order valence-electron chi connectivity index (χ4n) is 6.36. The SMILES string of the molecule is CNC(=O)c1cnc(OCCOC2CCCCO2)c(F)c1-c1c(C#N)c(F)cc2c1C[C@@](CCCCNC(=O)OC(C)(C)C)(c1ccccc1)O2. The van der Waals surface area contributed by atoms with Gasteiger partial charge in [-0.3, -0.25) is 4.79 Å². The predicted octanol–water partition coefficient (Wildman–Crippen LogP) is 6.71. The summed E-state index contributed by atoms with van der Waals surface area (Å²) in [6, 6.07) is 12.4. The number of unbranched alkanes of at least 4 members (excludes halogenated alkanes) is 1. The normalized spacial score (nSPS) is 18.3. The Labute approximate surface area is 296 Å². The molecule has 2 atom stereocenters. The molecule has 1 unspecified atom stereocenters. The van der Waals surface area contributed by atoms with Crippen molar-refractivity contribution in [3.63, 3.8) is 0 Å². The topological polar surface area (TPSA) is 141 Å². The van der Waals surface area contributed by atoms with Crippen LogP contribution in [0.3, 0.4) is 0 Å². The molecule has 11 nitrogen and oxygen atoms in total. The first kappa shape index (κ1) is 37.5. The van der Waals surface area contributed by atoms with Crippen LogP contribution in [0.4, 0.5) is 13.6 Å². The second-order valence-corrected chi connectivity index (χ2v) is 13.5. The number of hydrogen-bond acceptors (Lipinski definition) is 9. The maximum Gasteiger partial charge on any atom is 0.407 e. The Kier molecular flexibility index (Phi) is 12.1. The number of nitrogens with zero attached hydrogens (tertiary/aromatic N) is 2. The van der Waals surface area contributed by atoms with E-state index in [2.05, 4.69) is 15.6 Å². The Morgan fingerprint density at radius 1 is 1.12 bits per heavy atom. The summed E-state index contributed by atoms with van der Waals surface area (Å²) in [6.45, 7) is 6.33. The smallest absolute Gasteiger partial charge is 0.407 e. The molecule has 13 heteroatoms. The van der Waals surface area contributed by atoms with Crippen molar-refractivity contribution in [1.82, 2.24) is 15.6 Å². The van der Waals surface area contributed by atoms with Gasteiger partial charge in [0.25, 0.3) is 11.8 Å². The first-order valence-corrected chi connectivity index (χ1v) is 17.2. The highest BCUT2D eigenvalue weighted by atomic mass is 19.1. The van der Waals surface area contributed by atoms with Gasteiger partial charge < -0.3 is 34.3 Å². The molecule has 1 aromatic heterocycles. The minimum Gasteiger partial charge on any atom is -0.482 e. The first-order valence-electron chi connectivity index (χ1n) is 17.2. The molecule has 0 spiro atoms. The molecule has 272 valence electrons. The Bertz CT molecular complexity index is 1750. The molecule has 0 radical (unpaired) electrons. The van der Waals surface area contributed by atoms with E-state index < -0.39 is 46.3 Å². The van der Waals surface area contributed by atoms with E-state index in [0.29, 0.717) is 38.0 Å². The number of rotatable bonds is 13. The maximum absolute atomic E-state index is 16.6. The molecule has 2 aliphatic heterocycles. The zero-order valence-electron chi connectivity index (χ0n) is 29.4. The highest BCUT2D eigenvalue weighted by Crippen LogP contribution is 2.50. The summed E-state index contributed by atoms with van der Waals surface area (Å²) in [6.07, 6.45) is 4.68. The number of amides is 2. The number of ether oxygens (including phenoxy) is 5. The van der Waals surface area contributed by atoms with Gasteiger partial charge in [-0.15, -0.1) is 0 Å². The van der Waals surface area contributed by atoms with E-state index in [4.69, 9.17) is 23.7 Å². The Morgan fingerprint density at radius 2 is 1.90 bits per heavy atom. The lowest BCUT2D eigenvalue weighted by atomic mass is 9.81. The molecule has 3 heterocycles. The lowest BCUT2D eigenvalue weighted by molar-refractivity contribution is -0.165. The standard InChI is InChI=1S/C38H44F2N4O7/c1-37(2,3)51-36(46)43-16-10-9-15-38(24-12-6-5-7-13-24)21-25-29(50-38)20-28(39)26(22-41)31(25)32-27(34(45)42-4)23-44-35(33(32)40)49-19-18-48-30-14-8-11-17-47-30/h5-7,12-13,20,23,30H,8-11,14-19,21H2,1-4H3,(H,42,45)(H,43,46)/t30?,38-/m0/s1. The van der Waals surface area contributed by atoms with Crippen LogP contribution in [0.5, 0.6) is 11.6 Å². The minimum absolute atomic E-state index is 0.0715. The molecule has 51 heavy (non-hydrogen) atoms. The zero-order valence-corrected chi connectivity index (χ0v) is 29.4. The molecule has 1 saturated heterocycles. The maximum atomic E-state index is 16.6. The number of halogens is 2. The highest BCUT2D eigenvalue weighted by Gasteiger charge is 2.44. The summed E-state index contributed by atoms with van der Waals surface area (Å²) in [5.74, 6) is -2.95. The van der Waals surface area contributed by atoms with Crippen molar-refractivity contribution in [3.05, 3.63) is 76.5 Å². The summed E-state index contributed by atoms with van der Waals surface area (Å²) in [4.78, 5) is 29.4. The van der Waals surface area contributed by atoms with Crippen molar-refractivity contribution in [2.75, 3.05) is 33.4 Å². The molecular formula is C38H44F2N4O7. The summed E-state index contributed by atoms with van der Waals surface area (Å²) < 4.78 is 61.3. The van der Waals surface area contributed by atoms with Crippen LogP contribution in [0, 0.1) is 23.0 Å². The number of carbonyl (C=O) groups excluding carboxylic acids is 2. The van der Waals surface area contributed by atoms with Crippen LogP contribution in [0.1, 0.15) is 86.3 Å². The lowest BCUT2D eigenvalue weighted by Gasteiger charge is -2.30. The first-order chi connectivity index (χ1) is 24.5. The van der Waals surface area contributed by atoms with Gasteiger partial charge in [-0.25, -0.2) is 18.6 Å². The van der Waals surface area contributed by atoms with Gasteiger partial charge in [0.2, 0.25) is 0 Å². The molecule has 2 aliphatic rings. The number of nitriles is 1. The number of fused-ring (bicyclic) bond motifs is 1. The van der Waals surface area contributed by atoms with Crippen LogP contribution in [0.15, 0.2) is 42.6 Å². The monoisotopic (exact) mass is 706 g/mol. The van der Waals surface area contributed by atoms with E-state index in [1.165, 1.54) is 7.05 Å². The van der Waals surface area contributed by atoms with Crippen molar-refractivity contribution in [2.24, 2.45) is 0 Å². The molecule has 1 fully saturated rings. The van der Waals surface area contributed by atoms with E-state index >= 15 is 8.78 Å². The molecule has 2 N–H and O–H groups in total. The molecule has 3 aromatic rings. The van der Waals surface area contributed by atoms with Crippen molar-refractivity contribution < 1.29 is 42.1 Å². The van der Waals surface area contributed by atoms with Crippen LogP contribution >= 0.6 is 0 Å². The van der Waals surface area contributed by atoms with Crippen LogP contribution in [-0.4, -0.2) is 62.3 Å². The Hall–Kier alpha value is -4.80. The predicted molar refractivity (Wildman–Crippen MR) is 183 cm³/mol. The number of benzene rings is 2. The van der Waals surface area contributed by atoms with Crippen LogP contribution in [0.25, 0.3) is 11.1 Å². The summed E-state index contributed by atoms with van der Waals surface area (Å²) in [7, 11) is 1.38. The quantitative estimate of drug-likeness (QED) is 0.186. The minimum atomic E-state index is -1.03. The molecular weight excluding hydrogens is 662 g/mol. The van der Waals surface area contributed by atoms with E-state index in [1.54, 1.807) is 20.8 Å². The highest BCUT2D eigenvalue weighted by molar-refractivity contribution is 6.02. The zero-order chi connectivity index (χ0) is 36.6. The van der Waals surface area contributed by atoms with E-state index in [9.17, 15) is 14.9 Å². The number of alkyl carbamates (subject to hydrolysis) is 1. The number of pyridine rings is 1. The third-order valence-electron chi connectivity index (χ3n) is 8.67. The Balaban J connectivity index is 1.47. The van der Waals surface area contributed by atoms with Crippen molar-refractivity contribution in [1.29, 1.82) is 5.26 Å². The van der Waals surface area contributed by atoms with Crippen molar-refractivity contribution >= 4 is 12.0 Å². The van der Waals surface area contributed by atoms with E-state index in [0.717, 1.165) is 37.1 Å². The number of aromatic nitrogens is 1. The van der Waals surface area contributed by atoms with E-state index in [1.807, 2.05) is 36.4 Å². The van der Waals surface area contributed by atoms with Gasteiger partial charge >= 0.3 is 6.09 Å². The lowest BCUT2D eigenvalue weighted by Crippen LogP contribution is -2.34. The number of carbonyl (C=O) groups is 2. The van der Waals surface area contributed by atoms with Crippen LogP contribution in [-0.2, 0) is 26.2 Å². The van der Waals surface area contributed by atoms with Crippen LogP contribution < -0.4 is 20.1 Å². The van der Waals surface area contributed by atoms with E-state index in [-0.39, 0.29) is 48.4 Å². The third kappa shape index (κ3) is 8.93. The molecule has 5 rings (SSSR count). The fourth-order valence-corrected chi connectivity index (χ4v) is 6.36. The van der Waals surface area contributed by atoms with Gasteiger partial charge in [-0.2, -0.15) is 5.26 Å². The van der Waals surface area contributed by atoms with Gasteiger partial charge in [0.15, 0.2) is 12.1 Å². The average Bonchev–Trinajstić information content (AvgIpc) is 3.48. The molecule has 2 aromatic carbocycles. The third-order valence-corrected chi connectivity index (χ3v) is 8.67. The number of nitrogens with one attached hydrogen (secondary N) is 2. The second kappa shape index (κ2) is 16.5. The molecule has 2 amide bonds. The van der Waals surface area contributed by atoms with Gasteiger partial charge in [-0.1, -0.05) is 30.3 Å². The van der Waals surface area contributed by atoms with Gasteiger partial charge in [0.05, 0.1) is 17.7 Å². The van der Waals surface area contributed by atoms with Gasteiger partial charge in [-0.05, 0) is 64.9 Å².